The van der Waals surface area contributed by atoms with E-state index in [1.807, 2.05) is 18.2 Å². The Morgan fingerprint density at radius 3 is 2.50 bits per heavy atom. The molecule has 2 atom stereocenters. The summed E-state index contributed by atoms with van der Waals surface area (Å²) in [4.78, 5) is 0. The van der Waals surface area contributed by atoms with E-state index in [1.54, 1.807) is 0 Å². The number of rotatable bonds is 4. The van der Waals surface area contributed by atoms with E-state index in [1.165, 1.54) is 19.3 Å². The molecule has 2 nitrogen and oxygen atoms in total. The monoisotopic (exact) mass is 311 g/mol. The summed E-state index contributed by atoms with van der Waals surface area (Å²) in [5.74, 6) is 0.461. The molecule has 1 saturated carbocycles. The van der Waals surface area contributed by atoms with E-state index < -0.39 is 0 Å². The maximum Gasteiger partial charge on any atom is 0.0649 e. The van der Waals surface area contributed by atoms with Gasteiger partial charge in [-0.05, 0) is 30.4 Å². The third-order valence-electron chi connectivity index (χ3n) is 4.10. The second-order valence-corrected chi connectivity index (χ2v) is 6.11. The fraction of sp³-hybridized carbons (Fsp3) is 0.600. The van der Waals surface area contributed by atoms with Crippen molar-refractivity contribution in [3.63, 3.8) is 0 Å². The lowest BCUT2D eigenvalue weighted by Crippen LogP contribution is -2.33. The van der Waals surface area contributed by atoms with Crippen molar-refractivity contribution < 1.29 is 5.11 Å². The highest BCUT2D eigenvalue weighted by molar-refractivity contribution is 9.10. The first kappa shape index (κ1) is 14.0. The lowest BCUT2D eigenvalue weighted by Gasteiger charge is -2.32. The van der Waals surface area contributed by atoms with Gasteiger partial charge in [-0.25, -0.2) is 0 Å². The Morgan fingerprint density at radius 2 is 1.89 bits per heavy atom. The molecule has 1 aromatic carbocycles. The van der Waals surface area contributed by atoms with Crippen LogP contribution in [0.25, 0.3) is 0 Å². The van der Waals surface area contributed by atoms with Gasteiger partial charge in [0.15, 0.2) is 0 Å². The van der Waals surface area contributed by atoms with Gasteiger partial charge in [0.2, 0.25) is 0 Å². The zero-order valence-electron chi connectivity index (χ0n) is 10.7. The van der Waals surface area contributed by atoms with Crippen molar-refractivity contribution >= 4 is 15.9 Å². The summed E-state index contributed by atoms with van der Waals surface area (Å²) >= 11 is 3.56. The highest BCUT2D eigenvalue weighted by Gasteiger charge is 2.29. The first-order valence-electron chi connectivity index (χ1n) is 6.86. The number of hydrogen-bond acceptors (Lipinski definition) is 2. The zero-order chi connectivity index (χ0) is 13.0. The predicted octanol–water partition coefficient (Wildman–Crippen LogP) is 3.43. The molecule has 0 bridgehead atoms. The molecule has 0 heterocycles. The Labute approximate surface area is 118 Å². The van der Waals surface area contributed by atoms with E-state index in [0.29, 0.717) is 12.5 Å². The van der Waals surface area contributed by atoms with E-state index in [-0.39, 0.29) is 12.0 Å². The van der Waals surface area contributed by atoms with Gasteiger partial charge < -0.3 is 10.8 Å². The van der Waals surface area contributed by atoms with Crippen LogP contribution in [0.3, 0.4) is 0 Å². The van der Waals surface area contributed by atoms with Crippen LogP contribution in [0.15, 0.2) is 28.7 Å². The molecule has 1 aromatic rings. The molecule has 0 radical (unpaired) electrons. The van der Waals surface area contributed by atoms with Gasteiger partial charge in [0.25, 0.3) is 0 Å². The second-order valence-electron chi connectivity index (χ2n) is 5.25. The zero-order valence-corrected chi connectivity index (χ0v) is 12.3. The average Bonchev–Trinajstić information content (AvgIpc) is 2.42. The third-order valence-corrected chi connectivity index (χ3v) is 4.83. The molecule has 0 saturated heterocycles. The molecule has 2 rings (SSSR count). The topological polar surface area (TPSA) is 46.2 Å². The van der Waals surface area contributed by atoms with Crippen LogP contribution >= 0.6 is 15.9 Å². The summed E-state index contributed by atoms with van der Waals surface area (Å²) in [7, 11) is 0. The van der Waals surface area contributed by atoms with E-state index in [9.17, 15) is 5.11 Å². The third kappa shape index (κ3) is 3.14. The molecule has 0 aliphatic heterocycles. The molecular formula is C15H22BrNO. The van der Waals surface area contributed by atoms with Gasteiger partial charge in [0.05, 0.1) is 6.10 Å². The van der Waals surface area contributed by atoms with E-state index in [2.05, 4.69) is 22.0 Å². The van der Waals surface area contributed by atoms with Crippen LogP contribution in [0.1, 0.15) is 43.6 Å². The van der Waals surface area contributed by atoms with Gasteiger partial charge in [0.1, 0.15) is 0 Å². The Balaban J connectivity index is 2.14. The van der Waals surface area contributed by atoms with Crippen LogP contribution in [0.4, 0.5) is 0 Å². The predicted molar refractivity (Wildman–Crippen MR) is 78.5 cm³/mol. The van der Waals surface area contributed by atoms with Gasteiger partial charge in [-0.3, -0.25) is 0 Å². The number of aliphatic hydroxyl groups is 1. The number of halogens is 1. The van der Waals surface area contributed by atoms with Crippen LogP contribution in [0, 0.1) is 5.92 Å². The standard InChI is InChI=1S/C15H22BrNO/c16-14-9-5-4-8-12(14)13(10-17)15(18)11-6-2-1-3-7-11/h4-5,8-9,11,13,15,18H,1-3,6-7,10,17H2. The SMILES string of the molecule is NCC(c1ccccc1Br)C(O)C1CCCCC1. The quantitative estimate of drug-likeness (QED) is 0.895. The van der Waals surface area contributed by atoms with Gasteiger partial charge in [-0.1, -0.05) is 53.4 Å². The lowest BCUT2D eigenvalue weighted by atomic mass is 9.78. The Morgan fingerprint density at radius 1 is 1.22 bits per heavy atom. The largest absolute Gasteiger partial charge is 0.392 e. The normalized spacial score (nSPS) is 20.6. The summed E-state index contributed by atoms with van der Waals surface area (Å²) in [6.45, 7) is 0.500. The van der Waals surface area contributed by atoms with Crippen LogP contribution in [0.5, 0.6) is 0 Å². The molecule has 1 fully saturated rings. The van der Waals surface area contributed by atoms with Gasteiger partial charge in [0, 0.05) is 16.9 Å². The fourth-order valence-electron chi connectivity index (χ4n) is 3.03. The lowest BCUT2D eigenvalue weighted by molar-refractivity contribution is 0.0622. The van der Waals surface area contributed by atoms with Crippen LogP contribution in [-0.2, 0) is 0 Å². The van der Waals surface area contributed by atoms with Crippen molar-refractivity contribution in [2.24, 2.45) is 11.7 Å². The van der Waals surface area contributed by atoms with Crippen molar-refractivity contribution in [3.8, 4) is 0 Å². The van der Waals surface area contributed by atoms with Crippen molar-refractivity contribution in [1.82, 2.24) is 0 Å². The average molecular weight is 312 g/mol. The van der Waals surface area contributed by atoms with E-state index in [4.69, 9.17) is 5.73 Å². The minimum Gasteiger partial charge on any atom is -0.392 e. The highest BCUT2D eigenvalue weighted by Crippen LogP contribution is 2.35. The summed E-state index contributed by atoms with van der Waals surface area (Å²) < 4.78 is 1.05. The fourth-order valence-corrected chi connectivity index (χ4v) is 3.61. The van der Waals surface area contributed by atoms with Crippen LogP contribution in [-0.4, -0.2) is 17.8 Å². The first-order valence-corrected chi connectivity index (χ1v) is 7.66. The van der Waals surface area contributed by atoms with E-state index >= 15 is 0 Å². The number of aliphatic hydroxyl groups excluding tert-OH is 1. The second kappa shape index (κ2) is 6.69. The minimum absolute atomic E-state index is 0.0451. The Hall–Kier alpha value is -0.380. The molecule has 0 amide bonds. The van der Waals surface area contributed by atoms with Crippen LogP contribution < -0.4 is 5.73 Å². The van der Waals surface area contributed by atoms with Gasteiger partial charge in [-0.15, -0.1) is 0 Å². The van der Waals surface area contributed by atoms with Gasteiger partial charge in [-0.2, -0.15) is 0 Å². The maximum absolute atomic E-state index is 10.6. The maximum atomic E-state index is 10.6. The summed E-state index contributed by atoms with van der Waals surface area (Å²) in [6, 6.07) is 8.09. The van der Waals surface area contributed by atoms with Crippen molar-refractivity contribution in [3.05, 3.63) is 34.3 Å². The molecule has 3 N–H and O–H groups in total. The van der Waals surface area contributed by atoms with Crippen LogP contribution in [0.2, 0.25) is 0 Å². The molecule has 18 heavy (non-hydrogen) atoms. The Bertz CT molecular complexity index is 377. The summed E-state index contributed by atoms with van der Waals surface area (Å²) in [6.07, 6.45) is 5.77. The smallest absolute Gasteiger partial charge is 0.0649 e. The first-order chi connectivity index (χ1) is 8.74. The summed E-state index contributed by atoms with van der Waals surface area (Å²) in [5, 5.41) is 10.6. The van der Waals surface area contributed by atoms with Crippen molar-refractivity contribution in [2.75, 3.05) is 6.54 Å². The Kier molecular flexibility index (Phi) is 5.22. The van der Waals surface area contributed by atoms with Crippen molar-refractivity contribution in [2.45, 2.75) is 44.1 Å². The number of benzene rings is 1. The molecule has 1 aliphatic carbocycles. The molecule has 3 heteroatoms. The number of hydrogen-bond donors (Lipinski definition) is 2. The van der Waals surface area contributed by atoms with E-state index in [0.717, 1.165) is 22.9 Å². The highest BCUT2D eigenvalue weighted by atomic mass is 79.9. The summed E-state index contributed by atoms with van der Waals surface area (Å²) in [5.41, 5.74) is 7.04. The molecule has 0 aromatic heterocycles. The molecule has 0 spiro atoms. The molecule has 100 valence electrons. The molecule has 1 aliphatic rings. The molecule has 2 unspecified atom stereocenters. The molecular weight excluding hydrogens is 290 g/mol. The van der Waals surface area contributed by atoms with Crippen molar-refractivity contribution in [1.29, 1.82) is 0 Å². The number of nitrogens with two attached hydrogens (primary N) is 1. The minimum atomic E-state index is -0.311. The van der Waals surface area contributed by atoms with Gasteiger partial charge >= 0.3 is 0 Å².